The molecule has 22 heteroatoms. The van der Waals surface area contributed by atoms with Gasteiger partial charge in [0, 0.05) is 0 Å². The molecule has 0 unspecified atom stereocenters. The molecule has 9 nitrogen and oxygen atoms in total. The predicted molar refractivity (Wildman–Crippen MR) is 68.3 cm³/mol. The first-order chi connectivity index (χ1) is 12.9. The molecule has 0 aliphatic rings. The standard InChI is InChI=1S/2C3H3F5N2O.C2H3F3N2O/c2*4-2(5,1(9)10-11)3(6,7)8;3-2(4,5)1(6)7-8/h2*11H,(H2,9,10);8H,(H2,6,7). The predicted octanol–water partition coefficient (Wildman–Crippen LogP) is 2.16. The lowest BCUT2D eigenvalue weighted by Gasteiger charge is -2.16. The molecular formula is C8H9F13N6O3. The van der Waals surface area contributed by atoms with E-state index in [1.54, 1.807) is 15.5 Å². The maximum Gasteiger partial charge on any atom is 0.461 e. The molecule has 0 radical (unpaired) electrons. The Balaban J connectivity index is -0.000000370. The van der Waals surface area contributed by atoms with E-state index in [0.717, 1.165) is 0 Å². The van der Waals surface area contributed by atoms with Crippen molar-refractivity contribution in [2.75, 3.05) is 0 Å². The fourth-order valence-electron chi connectivity index (χ4n) is 0.473. The van der Waals surface area contributed by atoms with Gasteiger partial charge in [0.15, 0.2) is 0 Å². The molecule has 0 saturated carbocycles. The van der Waals surface area contributed by atoms with Gasteiger partial charge in [-0.1, -0.05) is 15.5 Å². The summed E-state index contributed by atoms with van der Waals surface area (Å²) in [5, 5.41) is 27.3. The molecule has 0 spiro atoms. The number of hydrogen-bond donors (Lipinski definition) is 6. The third-order valence-corrected chi connectivity index (χ3v) is 1.97. The minimum atomic E-state index is -5.83. The van der Waals surface area contributed by atoms with Crippen LogP contribution in [0.25, 0.3) is 0 Å². The average molecular weight is 484 g/mol. The molecule has 0 aromatic heterocycles. The number of nitrogens with two attached hydrogens (primary N) is 3. The summed E-state index contributed by atoms with van der Waals surface area (Å²) in [7, 11) is 0. The summed E-state index contributed by atoms with van der Waals surface area (Å²) in [6.07, 6.45) is -16.4. The van der Waals surface area contributed by atoms with Gasteiger partial charge in [0.25, 0.3) is 0 Å². The number of hydrogen-bond acceptors (Lipinski definition) is 6. The van der Waals surface area contributed by atoms with Crippen LogP contribution >= 0.6 is 0 Å². The molecular weight excluding hydrogens is 475 g/mol. The molecule has 0 bridgehead atoms. The van der Waals surface area contributed by atoms with Crippen LogP contribution in [0, 0.1) is 0 Å². The van der Waals surface area contributed by atoms with E-state index >= 15 is 0 Å². The van der Waals surface area contributed by atoms with Crippen LogP contribution in [0.2, 0.25) is 0 Å². The van der Waals surface area contributed by atoms with Crippen molar-refractivity contribution >= 4 is 17.5 Å². The molecule has 0 saturated heterocycles. The fourth-order valence-corrected chi connectivity index (χ4v) is 0.473. The van der Waals surface area contributed by atoms with Crippen molar-refractivity contribution in [2.45, 2.75) is 30.4 Å². The van der Waals surface area contributed by atoms with Gasteiger partial charge in [-0.3, -0.25) is 0 Å². The molecule has 0 aromatic rings. The molecule has 9 N–H and O–H groups in total. The van der Waals surface area contributed by atoms with Gasteiger partial charge in [-0.25, -0.2) is 0 Å². The topological polar surface area (TPSA) is 176 Å². The van der Waals surface area contributed by atoms with E-state index in [4.69, 9.17) is 15.6 Å². The van der Waals surface area contributed by atoms with Crippen LogP contribution in [0.4, 0.5) is 57.1 Å². The maximum atomic E-state index is 11.8. The van der Waals surface area contributed by atoms with Crippen LogP contribution in [-0.2, 0) is 0 Å². The zero-order valence-electron chi connectivity index (χ0n) is 13.3. The largest absolute Gasteiger partial charge is 0.461 e. The number of nitrogens with zero attached hydrogens (tertiary/aromatic N) is 3. The van der Waals surface area contributed by atoms with Crippen LogP contribution in [0.3, 0.4) is 0 Å². The van der Waals surface area contributed by atoms with Gasteiger partial charge >= 0.3 is 30.4 Å². The van der Waals surface area contributed by atoms with Crippen molar-refractivity contribution in [1.29, 1.82) is 0 Å². The second kappa shape index (κ2) is 10.6. The first-order valence-corrected chi connectivity index (χ1v) is 5.84. The van der Waals surface area contributed by atoms with Crippen molar-refractivity contribution in [1.82, 2.24) is 0 Å². The van der Waals surface area contributed by atoms with Crippen LogP contribution in [0.5, 0.6) is 0 Å². The first-order valence-electron chi connectivity index (χ1n) is 5.84. The molecule has 0 rings (SSSR count). The zero-order valence-corrected chi connectivity index (χ0v) is 13.3. The van der Waals surface area contributed by atoms with Crippen LogP contribution in [-0.4, -0.2) is 63.5 Å². The molecule has 180 valence electrons. The van der Waals surface area contributed by atoms with Crippen LogP contribution in [0.1, 0.15) is 0 Å². The van der Waals surface area contributed by atoms with E-state index in [0.29, 0.717) is 0 Å². The van der Waals surface area contributed by atoms with Gasteiger partial charge in [-0.05, 0) is 0 Å². The van der Waals surface area contributed by atoms with Crippen molar-refractivity contribution in [3.8, 4) is 0 Å². The third kappa shape index (κ3) is 9.40. The Morgan fingerprint density at radius 2 is 0.667 bits per heavy atom. The van der Waals surface area contributed by atoms with Crippen molar-refractivity contribution in [3.63, 3.8) is 0 Å². The van der Waals surface area contributed by atoms with E-state index in [1.165, 1.54) is 0 Å². The second-order valence-electron chi connectivity index (χ2n) is 4.10. The lowest BCUT2D eigenvalue weighted by Crippen LogP contribution is -2.48. The van der Waals surface area contributed by atoms with Crippen molar-refractivity contribution in [2.24, 2.45) is 32.7 Å². The Kier molecular flexibility index (Phi) is 11.2. The molecule has 0 atom stereocenters. The van der Waals surface area contributed by atoms with E-state index in [-0.39, 0.29) is 0 Å². The molecule has 0 amide bonds. The number of amidine groups is 3. The summed E-state index contributed by atoms with van der Waals surface area (Å²) in [5.41, 5.74) is 12.3. The quantitative estimate of drug-likeness (QED) is 0.115. The highest BCUT2D eigenvalue weighted by molar-refractivity contribution is 5.88. The highest BCUT2D eigenvalue weighted by Crippen LogP contribution is 2.36. The lowest BCUT2D eigenvalue weighted by molar-refractivity contribution is -0.250. The highest BCUT2D eigenvalue weighted by Gasteiger charge is 2.62. The smallest absolute Gasteiger partial charge is 0.409 e. The average Bonchev–Trinajstić information content (AvgIpc) is 2.57. The Bertz CT molecular complexity index is 582. The van der Waals surface area contributed by atoms with Crippen molar-refractivity contribution < 1.29 is 72.7 Å². The maximum absolute atomic E-state index is 11.8. The normalized spacial score (nSPS) is 14.9. The van der Waals surface area contributed by atoms with E-state index < -0.39 is 47.9 Å². The minimum absolute atomic E-state index is 1.55. The Labute approximate surface area is 154 Å². The fraction of sp³-hybridized carbons (Fsp3) is 0.625. The Hall–Kier alpha value is -3.10. The molecule has 0 aromatic carbocycles. The molecule has 0 heterocycles. The molecule has 0 aliphatic carbocycles. The monoisotopic (exact) mass is 484 g/mol. The van der Waals surface area contributed by atoms with E-state index in [2.05, 4.69) is 17.2 Å². The number of alkyl halides is 13. The van der Waals surface area contributed by atoms with Gasteiger partial charge in [0.05, 0.1) is 0 Å². The van der Waals surface area contributed by atoms with Gasteiger partial charge in [-0.2, -0.15) is 57.1 Å². The van der Waals surface area contributed by atoms with Crippen molar-refractivity contribution in [3.05, 3.63) is 0 Å². The summed E-state index contributed by atoms with van der Waals surface area (Å²) in [6, 6.07) is 0. The van der Waals surface area contributed by atoms with Crippen LogP contribution in [0.15, 0.2) is 15.5 Å². The Morgan fingerprint density at radius 1 is 0.467 bits per heavy atom. The summed E-state index contributed by atoms with van der Waals surface area (Å²) < 4.78 is 148. The molecule has 0 aliphatic heterocycles. The minimum Gasteiger partial charge on any atom is -0.409 e. The summed E-state index contributed by atoms with van der Waals surface area (Å²) in [5.74, 6) is -16.6. The van der Waals surface area contributed by atoms with E-state index in [9.17, 15) is 57.1 Å². The number of halogens is 13. The third-order valence-electron chi connectivity index (χ3n) is 1.97. The second-order valence-corrected chi connectivity index (χ2v) is 4.10. The zero-order chi connectivity index (χ0) is 25.4. The first kappa shape index (κ1) is 31.6. The van der Waals surface area contributed by atoms with Gasteiger partial charge in [-0.15, -0.1) is 0 Å². The van der Waals surface area contributed by atoms with Gasteiger partial charge in [0.2, 0.25) is 17.5 Å². The number of oxime groups is 3. The number of rotatable bonds is 2. The molecule has 0 fully saturated rings. The SMILES string of the molecule is NC(=NO)C(F)(F)C(F)(F)F.NC(=NO)C(F)(F)C(F)(F)F.NC(=NO)C(F)(F)F. The van der Waals surface area contributed by atoms with E-state index in [1.807, 2.05) is 0 Å². The summed E-state index contributed by atoms with van der Waals surface area (Å²) in [4.78, 5) is 0. The Morgan fingerprint density at radius 3 is 0.700 bits per heavy atom. The molecule has 30 heavy (non-hydrogen) atoms. The van der Waals surface area contributed by atoms with Gasteiger partial charge in [0.1, 0.15) is 0 Å². The van der Waals surface area contributed by atoms with Crippen LogP contribution < -0.4 is 17.2 Å². The van der Waals surface area contributed by atoms with Gasteiger partial charge < -0.3 is 32.8 Å². The summed E-state index contributed by atoms with van der Waals surface area (Å²) >= 11 is 0. The summed E-state index contributed by atoms with van der Waals surface area (Å²) in [6.45, 7) is 0. The lowest BCUT2D eigenvalue weighted by atomic mass is 10.3. The highest BCUT2D eigenvalue weighted by atomic mass is 19.4.